The number of hydrogen-bond acceptors (Lipinski definition) is 7. The first-order chi connectivity index (χ1) is 13.8. The number of benzene rings is 2. The number of ether oxygens (including phenoxy) is 3. The van der Waals surface area contributed by atoms with Crippen molar-refractivity contribution in [2.75, 3.05) is 14.2 Å². The first kappa shape index (κ1) is 21.5. The highest BCUT2D eigenvalue weighted by Gasteiger charge is 2.23. The largest absolute Gasteiger partial charge is 0.493 e. The van der Waals surface area contributed by atoms with Gasteiger partial charge in [0.15, 0.2) is 11.5 Å². The molecule has 2 aromatic carbocycles. The molecule has 0 saturated carbocycles. The zero-order chi connectivity index (χ0) is 21.4. The van der Waals surface area contributed by atoms with Crippen molar-refractivity contribution >= 4 is 17.7 Å². The van der Waals surface area contributed by atoms with Crippen LogP contribution in [0.5, 0.6) is 11.5 Å². The summed E-state index contributed by atoms with van der Waals surface area (Å²) in [6.45, 7) is -0.458. The minimum atomic E-state index is -1.23. The second-order valence-electron chi connectivity index (χ2n) is 5.89. The Morgan fingerprint density at radius 3 is 2.31 bits per heavy atom. The molecule has 0 unspecified atom stereocenters. The quantitative estimate of drug-likeness (QED) is 0.480. The summed E-state index contributed by atoms with van der Waals surface area (Å²) in [5, 5.41) is 22.8. The molecule has 0 saturated heterocycles. The van der Waals surface area contributed by atoms with Crippen LogP contribution in [-0.2, 0) is 22.6 Å². The Labute approximate surface area is 166 Å². The van der Waals surface area contributed by atoms with Gasteiger partial charge in [0, 0.05) is 6.42 Å². The molecular weight excluding hydrogens is 384 g/mol. The maximum Gasteiger partial charge on any atom is 0.408 e. The smallest absolute Gasteiger partial charge is 0.408 e. The van der Waals surface area contributed by atoms with E-state index in [1.54, 1.807) is 30.3 Å². The molecule has 0 aliphatic carbocycles. The Morgan fingerprint density at radius 1 is 1.14 bits per heavy atom. The van der Waals surface area contributed by atoms with E-state index in [-0.39, 0.29) is 29.2 Å². The molecule has 0 aliphatic heterocycles. The van der Waals surface area contributed by atoms with E-state index in [4.69, 9.17) is 14.2 Å². The Kier molecular flexibility index (Phi) is 7.35. The summed E-state index contributed by atoms with van der Waals surface area (Å²) in [6.07, 6.45) is -0.959. The number of hydrogen-bond donors (Lipinski definition) is 2. The van der Waals surface area contributed by atoms with Gasteiger partial charge in [-0.2, -0.15) is 0 Å². The van der Waals surface area contributed by atoms with Crippen molar-refractivity contribution in [3.05, 3.63) is 63.7 Å². The summed E-state index contributed by atoms with van der Waals surface area (Å²) >= 11 is 0. The van der Waals surface area contributed by atoms with E-state index >= 15 is 0 Å². The average molecular weight is 404 g/mol. The fourth-order valence-corrected chi connectivity index (χ4v) is 2.57. The number of amides is 1. The van der Waals surface area contributed by atoms with Gasteiger partial charge in [-0.1, -0.05) is 30.3 Å². The van der Waals surface area contributed by atoms with Crippen LogP contribution in [0.4, 0.5) is 10.5 Å². The maximum absolute atomic E-state index is 12.1. The van der Waals surface area contributed by atoms with Crippen LogP contribution in [-0.4, -0.2) is 42.4 Å². The summed E-state index contributed by atoms with van der Waals surface area (Å²) in [6, 6.07) is 10.0. The van der Waals surface area contributed by atoms with Gasteiger partial charge >= 0.3 is 12.1 Å². The van der Waals surface area contributed by atoms with Crippen molar-refractivity contribution < 1.29 is 33.8 Å². The summed E-state index contributed by atoms with van der Waals surface area (Å²) in [5.41, 5.74) is 0.461. The third kappa shape index (κ3) is 5.83. The molecule has 1 amide bonds. The molecule has 10 nitrogen and oxygen atoms in total. The Morgan fingerprint density at radius 2 is 1.76 bits per heavy atom. The number of carbonyl (C=O) groups is 2. The van der Waals surface area contributed by atoms with E-state index in [0.29, 0.717) is 0 Å². The fraction of sp³-hybridized carbons (Fsp3) is 0.263. The number of nitro groups is 1. The monoisotopic (exact) mass is 404 g/mol. The molecule has 0 fully saturated rings. The van der Waals surface area contributed by atoms with Crippen LogP contribution in [0.3, 0.4) is 0 Å². The molecule has 0 aliphatic rings. The molecule has 154 valence electrons. The number of nitrogens with one attached hydrogen (secondary N) is 1. The Bertz CT molecular complexity index is 885. The number of rotatable bonds is 9. The predicted molar refractivity (Wildman–Crippen MR) is 101 cm³/mol. The number of alkyl carbamates (subject to hydrolysis) is 1. The number of nitro benzene ring substituents is 1. The molecule has 2 N–H and O–H groups in total. The third-order valence-corrected chi connectivity index (χ3v) is 4.01. The SMILES string of the molecule is COc1cc(COC(=O)N[C@H](Cc2ccccc2)C(=O)O)c([N+](=O)[O-])cc1OC. The third-order valence-electron chi connectivity index (χ3n) is 4.01. The number of methoxy groups -OCH3 is 2. The van der Waals surface area contributed by atoms with Gasteiger partial charge in [0.1, 0.15) is 12.6 Å². The molecule has 10 heteroatoms. The van der Waals surface area contributed by atoms with E-state index in [2.05, 4.69) is 5.32 Å². The molecule has 0 heterocycles. The van der Waals surface area contributed by atoms with Gasteiger partial charge in [-0.3, -0.25) is 10.1 Å². The predicted octanol–water partition coefficient (Wildman–Crippen LogP) is 2.53. The molecule has 2 rings (SSSR count). The minimum Gasteiger partial charge on any atom is -0.493 e. The number of aliphatic carboxylic acids is 1. The average Bonchev–Trinajstić information content (AvgIpc) is 2.71. The fourth-order valence-electron chi connectivity index (χ4n) is 2.57. The lowest BCUT2D eigenvalue weighted by atomic mass is 10.1. The van der Waals surface area contributed by atoms with Gasteiger partial charge in [0.05, 0.1) is 30.8 Å². The van der Waals surface area contributed by atoms with E-state index < -0.39 is 29.6 Å². The van der Waals surface area contributed by atoms with Crippen molar-refractivity contribution in [1.82, 2.24) is 5.32 Å². The zero-order valence-corrected chi connectivity index (χ0v) is 15.8. The second-order valence-corrected chi connectivity index (χ2v) is 5.89. The lowest BCUT2D eigenvalue weighted by Gasteiger charge is -2.15. The van der Waals surface area contributed by atoms with Gasteiger partial charge < -0.3 is 24.6 Å². The topological polar surface area (TPSA) is 137 Å². The Balaban J connectivity index is 2.09. The number of carboxylic acid groups (broad SMARTS) is 1. The van der Waals surface area contributed by atoms with E-state index in [9.17, 15) is 24.8 Å². The van der Waals surface area contributed by atoms with Crippen LogP contribution < -0.4 is 14.8 Å². The highest BCUT2D eigenvalue weighted by Crippen LogP contribution is 2.34. The molecular formula is C19H20N2O8. The number of nitrogens with zero attached hydrogens (tertiary/aromatic N) is 1. The van der Waals surface area contributed by atoms with Gasteiger partial charge in [-0.25, -0.2) is 9.59 Å². The van der Waals surface area contributed by atoms with Gasteiger partial charge in [-0.15, -0.1) is 0 Å². The van der Waals surface area contributed by atoms with E-state index in [1.165, 1.54) is 20.3 Å². The van der Waals surface area contributed by atoms with Crippen LogP contribution in [0.2, 0.25) is 0 Å². The first-order valence-corrected chi connectivity index (χ1v) is 8.45. The maximum atomic E-state index is 12.1. The number of carbonyl (C=O) groups excluding carboxylic acids is 1. The second kappa shape index (κ2) is 9.93. The van der Waals surface area contributed by atoms with Crippen molar-refractivity contribution in [1.29, 1.82) is 0 Å². The molecule has 29 heavy (non-hydrogen) atoms. The van der Waals surface area contributed by atoms with E-state index in [0.717, 1.165) is 11.6 Å². The van der Waals surface area contributed by atoms with Crippen LogP contribution in [0.1, 0.15) is 11.1 Å². The number of carboxylic acids is 1. The Hall–Kier alpha value is -3.82. The minimum absolute atomic E-state index is 0.0573. The summed E-state index contributed by atoms with van der Waals surface area (Å²) in [5.74, 6) is -0.853. The highest BCUT2D eigenvalue weighted by atomic mass is 16.6. The highest BCUT2D eigenvalue weighted by molar-refractivity contribution is 5.80. The molecule has 0 radical (unpaired) electrons. The summed E-state index contributed by atoms with van der Waals surface area (Å²) in [7, 11) is 2.70. The normalized spacial score (nSPS) is 11.2. The molecule has 1 atom stereocenters. The van der Waals surface area contributed by atoms with Gasteiger partial charge in [0.25, 0.3) is 5.69 Å². The zero-order valence-electron chi connectivity index (χ0n) is 15.8. The van der Waals surface area contributed by atoms with Crippen LogP contribution in [0, 0.1) is 10.1 Å². The first-order valence-electron chi connectivity index (χ1n) is 8.45. The standard InChI is InChI=1S/C19H20N2O8/c1-27-16-9-13(15(21(25)26)10-17(16)28-2)11-29-19(24)20-14(18(22)23)8-12-6-4-3-5-7-12/h3-7,9-10,14H,8,11H2,1-2H3,(H,20,24)(H,22,23)/t14-/m1/s1. The van der Waals surface area contributed by atoms with Crippen molar-refractivity contribution in [3.63, 3.8) is 0 Å². The van der Waals surface area contributed by atoms with Crippen LogP contribution >= 0.6 is 0 Å². The summed E-state index contributed by atoms with van der Waals surface area (Å²) < 4.78 is 15.1. The molecule has 0 spiro atoms. The van der Waals surface area contributed by atoms with Crippen molar-refractivity contribution in [3.8, 4) is 11.5 Å². The molecule has 0 aromatic heterocycles. The lowest BCUT2D eigenvalue weighted by Crippen LogP contribution is -2.42. The van der Waals surface area contributed by atoms with Crippen molar-refractivity contribution in [2.45, 2.75) is 19.1 Å². The lowest BCUT2D eigenvalue weighted by molar-refractivity contribution is -0.385. The summed E-state index contributed by atoms with van der Waals surface area (Å²) in [4.78, 5) is 34.1. The van der Waals surface area contributed by atoms with Crippen LogP contribution in [0.15, 0.2) is 42.5 Å². The molecule has 0 bridgehead atoms. The van der Waals surface area contributed by atoms with Gasteiger partial charge in [-0.05, 0) is 11.6 Å². The van der Waals surface area contributed by atoms with Gasteiger partial charge in [0.2, 0.25) is 0 Å². The molecule has 2 aromatic rings. The van der Waals surface area contributed by atoms with Crippen LogP contribution in [0.25, 0.3) is 0 Å². The van der Waals surface area contributed by atoms with Crippen molar-refractivity contribution in [2.24, 2.45) is 0 Å². The van der Waals surface area contributed by atoms with E-state index in [1.807, 2.05) is 0 Å².